The van der Waals surface area contributed by atoms with Crippen molar-refractivity contribution in [3.63, 3.8) is 0 Å². The Balaban J connectivity index is 3.41. The minimum Gasteiger partial charge on any atom is -0.394 e. The molecule has 112 valence electrons. The van der Waals surface area contributed by atoms with E-state index in [0.29, 0.717) is 32.3 Å². The first-order valence-electron chi connectivity index (χ1n) is 6.57. The smallest absolute Gasteiger partial charge is 0.246 e. The van der Waals surface area contributed by atoms with E-state index in [-0.39, 0.29) is 12.5 Å². The van der Waals surface area contributed by atoms with Gasteiger partial charge in [0.2, 0.25) is 5.91 Å². The van der Waals surface area contributed by atoms with E-state index in [0.717, 1.165) is 12.1 Å². The number of carbonyl (C=O) groups is 1. The van der Waals surface area contributed by atoms with Gasteiger partial charge in [0.15, 0.2) is 0 Å². The molecule has 0 rings (SSSR count). The van der Waals surface area contributed by atoms with Crippen molar-refractivity contribution in [2.45, 2.75) is 27.2 Å². The molecule has 0 aromatic heterocycles. The number of nitrogens with one attached hydrogen (secondary N) is 1. The molecule has 0 heterocycles. The number of amides is 1. The molecule has 0 saturated carbocycles. The minimum absolute atomic E-state index is 0.0675. The molecule has 0 unspecified atom stereocenters. The summed E-state index contributed by atoms with van der Waals surface area (Å²) in [5.74, 6) is 0.223. The van der Waals surface area contributed by atoms with Crippen molar-refractivity contribution in [2.24, 2.45) is 11.1 Å². The molecule has 0 radical (unpaired) electrons. The van der Waals surface area contributed by atoms with Crippen LogP contribution in [0.3, 0.4) is 0 Å². The third-order valence-corrected chi connectivity index (χ3v) is 2.43. The molecular formula is C13H26N2O4. The molecular weight excluding hydrogens is 248 g/mol. The van der Waals surface area contributed by atoms with Crippen LogP contribution in [-0.2, 0) is 19.1 Å². The van der Waals surface area contributed by atoms with E-state index in [1.807, 2.05) is 20.8 Å². The summed E-state index contributed by atoms with van der Waals surface area (Å²) in [7, 11) is 1.64. The lowest BCUT2D eigenvalue weighted by molar-refractivity contribution is -0.126. The van der Waals surface area contributed by atoms with Crippen molar-refractivity contribution in [1.29, 1.82) is 0 Å². The second-order valence-corrected chi connectivity index (χ2v) is 4.47. The second kappa shape index (κ2) is 11.9. The number of methoxy groups -OCH3 is 1. The lowest BCUT2D eigenvalue weighted by Crippen LogP contribution is -2.30. The molecule has 1 amide bonds. The maximum Gasteiger partial charge on any atom is 0.246 e. The van der Waals surface area contributed by atoms with Crippen LogP contribution in [-0.4, -0.2) is 51.7 Å². The molecule has 6 heteroatoms. The standard InChI is InChI=1S/C13H26N2O4/c1-11(2)12(3)15-19-9-6-14-13(16)10-18-8-5-7-17-4/h11H,5-10H2,1-4H3,(H,14,16)/b15-12+. The van der Waals surface area contributed by atoms with Crippen LogP contribution in [0.5, 0.6) is 0 Å². The van der Waals surface area contributed by atoms with E-state index < -0.39 is 0 Å². The number of hydrogen-bond acceptors (Lipinski definition) is 5. The average Bonchev–Trinajstić information content (AvgIpc) is 2.37. The first-order chi connectivity index (χ1) is 9.07. The lowest BCUT2D eigenvalue weighted by Gasteiger charge is -2.07. The van der Waals surface area contributed by atoms with Crippen molar-refractivity contribution in [2.75, 3.05) is 40.1 Å². The van der Waals surface area contributed by atoms with E-state index in [4.69, 9.17) is 14.3 Å². The Bertz CT molecular complexity index is 267. The summed E-state index contributed by atoms with van der Waals surface area (Å²) in [4.78, 5) is 16.4. The van der Waals surface area contributed by atoms with Gasteiger partial charge in [0.25, 0.3) is 0 Å². The number of nitrogens with zero attached hydrogens (tertiary/aromatic N) is 1. The SMILES string of the molecule is COCCCOCC(=O)NCCO/N=C(\C)C(C)C. The highest BCUT2D eigenvalue weighted by atomic mass is 16.6. The third kappa shape index (κ3) is 11.7. The quantitative estimate of drug-likeness (QED) is 0.349. The van der Waals surface area contributed by atoms with Gasteiger partial charge in [-0.1, -0.05) is 19.0 Å². The molecule has 19 heavy (non-hydrogen) atoms. The first kappa shape index (κ1) is 17.9. The highest BCUT2D eigenvalue weighted by molar-refractivity contribution is 5.83. The third-order valence-electron chi connectivity index (χ3n) is 2.43. The molecule has 0 bridgehead atoms. The average molecular weight is 274 g/mol. The van der Waals surface area contributed by atoms with Crippen LogP contribution in [0.4, 0.5) is 0 Å². The van der Waals surface area contributed by atoms with Crippen LogP contribution in [0.25, 0.3) is 0 Å². The molecule has 0 aliphatic heterocycles. The van der Waals surface area contributed by atoms with Crippen molar-refractivity contribution in [1.82, 2.24) is 5.32 Å². The fourth-order valence-electron chi connectivity index (χ4n) is 1.01. The second-order valence-electron chi connectivity index (χ2n) is 4.47. The topological polar surface area (TPSA) is 69.2 Å². The summed E-state index contributed by atoms with van der Waals surface area (Å²) < 4.78 is 10.0. The monoisotopic (exact) mass is 274 g/mol. The van der Waals surface area contributed by atoms with Crippen LogP contribution in [0.15, 0.2) is 5.16 Å². The van der Waals surface area contributed by atoms with Crippen molar-refractivity contribution < 1.29 is 19.1 Å². The summed E-state index contributed by atoms with van der Waals surface area (Å²) >= 11 is 0. The van der Waals surface area contributed by atoms with E-state index in [1.54, 1.807) is 7.11 Å². The molecule has 0 fully saturated rings. The van der Waals surface area contributed by atoms with Gasteiger partial charge in [-0.25, -0.2) is 0 Å². The van der Waals surface area contributed by atoms with Crippen LogP contribution in [0, 0.1) is 5.92 Å². The zero-order valence-corrected chi connectivity index (χ0v) is 12.4. The molecule has 0 atom stereocenters. The van der Waals surface area contributed by atoms with Gasteiger partial charge in [-0.2, -0.15) is 0 Å². The van der Waals surface area contributed by atoms with Crippen LogP contribution in [0.1, 0.15) is 27.2 Å². The fraction of sp³-hybridized carbons (Fsp3) is 0.846. The van der Waals surface area contributed by atoms with Crippen molar-refractivity contribution >= 4 is 11.6 Å². The Morgan fingerprint density at radius 3 is 2.63 bits per heavy atom. The van der Waals surface area contributed by atoms with Crippen LogP contribution < -0.4 is 5.32 Å². The zero-order chi connectivity index (χ0) is 14.5. The highest BCUT2D eigenvalue weighted by Crippen LogP contribution is 1.96. The molecule has 0 saturated heterocycles. The van der Waals surface area contributed by atoms with Gasteiger partial charge in [-0.15, -0.1) is 0 Å². The van der Waals surface area contributed by atoms with Crippen LogP contribution in [0.2, 0.25) is 0 Å². The van der Waals surface area contributed by atoms with Gasteiger partial charge in [0.05, 0.1) is 12.3 Å². The van der Waals surface area contributed by atoms with E-state index in [1.165, 1.54) is 0 Å². The summed E-state index contributed by atoms with van der Waals surface area (Å²) in [6, 6.07) is 0. The molecule has 6 nitrogen and oxygen atoms in total. The molecule has 1 N–H and O–H groups in total. The number of oxime groups is 1. The predicted molar refractivity (Wildman–Crippen MR) is 74.2 cm³/mol. The molecule has 0 aliphatic rings. The molecule has 0 aromatic carbocycles. The van der Waals surface area contributed by atoms with Gasteiger partial charge in [0, 0.05) is 20.3 Å². The predicted octanol–water partition coefficient (Wildman–Crippen LogP) is 1.20. The Labute approximate surface area is 115 Å². The van der Waals surface area contributed by atoms with Gasteiger partial charge in [-0.05, 0) is 19.3 Å². The molecule has 0 aromatic rings. The number of rotatable bonds is 11. The van der Waals surface area contributed by atoms with Gasteiger partial charge in [-0.3, -0.25) is 4.79 Å². The lowest BCUT2D eigenvalue weighted by atomic mass is 10.1. The number of carbonyl (C=O) groups excluding carboxylic acids is 1. The zero-order valence-electron chi connectivity index (χ0n) is 12.4. The highest BCUT2D eigenvalue weighted by Gasteiger charge is 2.01. The van der Waals surface area contributed by atoms with E-state index in [9.17, 15) is 4.79 Å². The van der Waals surface area contributed by atoms with E-state index in [2.05, 4.69) is 10.5 Å². The summed E-state index contributed by atoms with van der Waals surface area (Å²) in [5, 5.41) is 6.62. The largest absolute Gasteiger partial charge is 0.394 e. The Morgan fingerprint density at radius 1 is 1.26 bits per heavy atom. The van der Waals surface area contributed by atoms with Crippen LogP contribution >= 0.6 is 0 Å². The Morgan fingerprint density at radius 2 is 2.00 bits per heavy atom. The van der Waals surface area contributed by atoms with Gasteiger partial charge in [0.1, 0.15) is 13.2 Å². The number of hydrogen-bond donors (Lipinski definition) is 1. The van der Waals surface area contributed by atoms with E-state index >= 15 is 0 Å². The van der Waals surface area contributed by atoms with Crippen molar-refractivity contribution in [3.8, 4) is 0 Å². The maximum absolute atomic E-state index is 11.3. The Hall–Kier alpha value is -1.14. The summed E-state index contributed by atoms with van der Waals surface area (Å²) in [6.45, 7) is 8.03. The fourth-order valence-corrected chi connectivity index (χ4v) is 1.01. The first-order valence-corrected chi connectivity index (χ1v) is 6.57. The summed E-state index contributed by atoms with van der Waals surface area (Å²) in [6.07, 6.45) is 0.788. The minimum atomic E-state index is -0.148. The normalized spacial score (nSPS) is 11.7. The van der Waals surface area contributed by atoms with Gasteiger partial charge < -0.3 is 19.6 Å². The molecule has 0 aliphatic carbocycles. The molecule has 0 spiro atoms. The maximum atomic E-state index is 11.3. The van der Waals surface area contributed by atoms with Gasteiger partial charge >= 0.3 is 0 Å². The summed E-state index contributed by atoms with van der Waals surface area (Å²) in [5.41, 5.74) is 0.938. The van der Waals surface area contributed by atoms with Crippen molar-refractivity contribution in [3.05, 3.63) is 0 Å². The number of ether oxygens (including phenoxy) is 2. The Kier molecular flexibility index (Phi) is 11.2.